The van der Waals surface area contributed by atoms with E-state index in [9.17, 15) is 18.0 Å². The Balaban J connectivity index is 1.54. The third-order valence-corrected chi connectivity index (χ3v) is 4.72. The summed E-state index contributed by atoms with van der Waals surface area (Å²) >= 11 is 0. The molecule has 1 aliphatic heterocycles. The Labute approximate surface area is 159 Å². The van der Waals surface area contributed by atoms with Crippen LogP contribution in [0.1, 0.15) is 21.5 Å². The van der Waals surface area contributed by atoms with Crippen molar-refractivity contribution in [1.82, 2.24) is 9.88 Å². The van der Waals surface area contributed by atoms with Crippen LogP contribution >= 0.6 is 0 Å². The molecule has 1 aromatic heterocycles. The van der Waals surface area contributed by atoms with Gasteiger partial charge in [0.2, 0.25) is 0 Å². The highest BCUT2D eigenvalue weighted by Crippen LogP contribution is 2.25. The van der Waals surface area contributed by atoms with Crippen molar-refractivity contribution in [2.75, 3.05) is 11.9 Å². The van der Waals surface area contributed by atoms with E-state index in [1.807, 2.05) is 18.2 Å². The molecule has 1 N–H and O–H groups in total. The predicted molar refractivity (Wildman–Crippen MR) is 98.7 cm³/mol. The summed E-state index contributed by atoms with van der Waals surface area (Å²) in [6.07, 6.45) is 3.58. The number of carbonyl (C=O) groups is 1. The number of pyridine rings is 1. The fourth-order valence-electron chi connectivity index (χ4n) is 3.25. The summed E-state index contributed by atoms with van der Waals surface area (Å²) in [5, 5.41) is 2.64. The molecule has 0 aliphatic carbocycles. The molecule has 4 nitrogen and oxygen atoms in total. The van der Waals surface area contributed by atoms with Crippen LogP contribution in [0.2, 0.25) is 0 Å². The van der Waals surface area contributed by atoms with Gasteiger partial charge in [0.1, 0.15) is 0 Å². The first kappa shape index (κ1) is 18.0. The summed E-state index contributed by atoms with van der Waals surface area (Å²) < 4.78 is 40.3. The molecule has 4 rings (SSSR count). The summed E-state index contributed by atoms with van der Waals surface area (Å²) in [6.45, 7) is 1.09. The smallest absolute Gasteiger partial charge is 0.255 e. The minimum atomic E-state index is -1.56. The Bertz CT molecular complexity index is 1050. The van der Waals surface area contributed by atoms with Crippen LogP contribution in [0.5, 0.6) is 0 Å². The fourth-order valence-corrected chi connectivity index (χ4v) is 3.25. The van der Waals surface area contributed by atoms with Crippen molar-refractivity contribution in [2.24, 2.45) is 0 Å². The van der Waals surface area contributed by atoms with Crippen molar-refractivity contribution in [3.63, 3.8) is 0 Å². The lowest BCUT2D eigenvalue weighted by molar-refractivity contribution is 0.0734. The molecule has 3 aromatic rings. The number of aromatic nitrogens is 1. The highest BCUT2D eigenvalue weighted by Gasteiger charge is 2.22. The highest BCUT2D eigenvalue weighted by atomic mass is 19.2. The fraction of sp³-hybridized carbons (Fsp3) is 0.143. The van der Waals surface area contributed by atoms with Gasteiger partial charge in [-0.1, -0.05) is 24.3 Å². The third-order valence-electron chi connectivity index (χ3n) is 4.72. The second-order valence-corrected chi connectivity index (χ2v) is 6.56. The van der Waals surface area contributed by atoms with Crippen LogP contribution in [-0.2, 0) is 13.0 Å². The van der Waals surface area contributed by atoms with Gasteiger partial charge in [0.15, 0.2) is 17.5 Å². The van der Waals surface area contributed by atoms with Crippen molar-refractivity contribution < 1.29 is 18.0 Å². The zero-order chi connectivity index (χ0) is 19.7. The molecule has 2 aromatic carbocycles. The van der Waals surface area contributed by atoms with Crippen LogP contribution in [0.25, 0.3) is 0 Å². The van der Waals surface area contributed by atoms with E-state index < -0.39 is 17.5 Å². The lowest BCUT2D eigenvalue weighted by Gasteiger charge is -2.29. The number of nitrogens with one attached hydrogen (secondary N) is 1. The second-order valence-electron chi connectivity index (χ2n) is 6.56. The molecule has 7 heteroatoms. The van der Waals surface area contributed by atoms with Crippen LogP contribution in [0, 0.1) is 17.5 Å². The number of amides is 1. The van der Waals surface area contributed by atoms with Crippen LogP contribution in [0.3, 0.4) is 0 Å². The van der Waals surface area contributed by atoms with Crippen molar-refractivity contribution >= 4 is 17.3 Å². The first-order valence-electron chi connectivity index (χ1n) is 8.74. The number of nitrogens with zero attached hydrogens (tertiary/aromatic N) is 2. The van der Waals surface area contributed by atoms with E-state index >= 15 is 0 Å². The Morgan fingerprint density at radius 2 is 1.79 bits per heavy atom. The number of halogens is 3. The molecule has 0 spiro atoms. The van der Waals surface area contributed by atoms with E-state index in [4.69, 9.17) is 0 Å². The van der Waals surface area contributed by atoms with Gasteiger partial charge in [0.25, 0.3) is 5.91 Å². The van der Waals surface area contributed by atoms with E-state index in [2.05, 4.69) is 16.4 Å². The Kier molecular flexibility index (Phi) is 4.73. The number of rotatable bonds is 3. The molecular formula is C21H16F3N3O. The molecule has 2 heterocycles. The zero-order valence-corrected chi connectivity index (χ0v) is 14.8. The van der Waals surface area contributed by atoms with Gasteiger partial charge >= 0.3 is 0 Å². The second kappa shape index (κ2) is 7.34. The summed E-state index contributed by atoms with van der Waals surface area (Å²) in [5.74, 6) is -4.35. The van der Waals surface area contributed by atoms with Gasteiger partial charge in [-0.25, -0.2) is 13.2 Å². The summed E-state index contributed by atoms with van der Waals surface area (Å²) in [6, 6.07) is 11.4. The molecule has 1 aliphatic rings. The maximum atomic E-state index is 13.9. The molecule has 0 unspecified atom stereocenters. The molecular weight excluding hydrogens is 367 g/mol. The predicted octanol–water partition coefficient (Wildman–Crippen LogP) is 4.44. The number of fused-ring (bicyclic) bond motifs is 1. The van der Waals surface area contributed by atoms with Crippen molar-refractivity contribution in [2.45, 2.75) is 13.0 Å². The molecule has 1 amide bonds. The lowest BCUT2D eigenvalue weighted by Crippen LogP contribution is -2.36. The third kappa shape index (κ3) is 3.43. The van der Waals surface area contributed by atoms with Crippen LogP contribution in [0.15, 0.2) is 54.9 Å². The number of carbonyl (C=O) groups excluding carboxylic acids is 1. The number of benzene rings is 2. The van der Waals surface area contributed by atoms with E-state index in [0.29, 0.717) is 24.3 Å². The minimum Gasteiger partial charge on any atom is -0.352 e. The van der Waals surface area contributed by atoms with E-state index in [1.165, 1.54) is 24.0 Å². The molecule has 0 bridgehead atoms. The van der Waals surface area contributed by atoms with Crippen molar-refractivity contribution in [1.29, 1.82) is 0 Å². The van der Waals surface area contributed by atoms with Crippen molar-refractivity contribution in [3.8, 4) is 0 Å². The topological polar surface area (TPSA) is 45.2 Å². The molecule has 0 radical (unpaired) electrons. The molecule has 0 saturated heterocycles. The van der Waals surface area contributed by atoms with E-state index in [1.54, 1.807) is 4.90 Å². The zero-order valence-electron chi connectivity index (χ0n) is 14.8. The number of anilines is 2. The van der Waals surface area contributed by atoms with Crippen LogP contribution in [0.4, 0.5) is 24.5 Å². The Morgan fingerprint density at radius 3 is 2.61 bits per heavy atom. The van der Waals surface area contributed by atoms with E-state index in [-0.39, 0.29) is 11.6 Å². The normalized spacial score (nSPS) is 13.2. The average molecular weight is 383 g/mol. The van der Waals surface area contributed by atoms with Gasteiger partial charge in [-0.2, -0.15) is 0 Å². The van der Waals surface area contributed by atoms with Crippen LogP contribution in [-0.4, -0.2) is 22.3 Å². The Morgan fingerprint density at radius 1 is 1.00 bits per heavy atom. The van der Waals surface area contributed by atoms with Gasteiger partial charge < -0.3 is 10.2 Å². The molecule has 0 fully saturated rings. The number of hydrogen-bond donors (Lipinski definition) is 1. The largest absolute Gasteiger partial charge is 0.352 e. The average Bonchev–Trinajstić information content (AvgIpc) is 2.73. The lowest BCUT2D eigenvalue weighted by atomic mass is 9.99. The summed E-state index contributed by atoms with van der Waals surface area (Å²) in [5.41, 5.74) is 2.72. The summed E-state index contributed by atoms with van der Waals surface area (Å²) in [4.78, 5) is 18.6. The first-order chi connectivity index (χ1) is 13.5. The first-order valence-corrected chi connectivity index (χ1v) is 8.74. The number of hydrogen-bond acceptors (Lipinski definition) is 3. The van der Waals surface area contributed by atoms with Crippen LogP contribution < -0.4 is 5.32 Å². The van der Waals surface area contributed by atoms with E-state index in [0.717, 1.165) is 24.1 Å². The quantitative estimate of drug-likeness (QED) is 0.680. The SMILES string of the molecule is O=C(c1cncc(Nc2ccc(F)c(F)c2F)c1)N1CCc2ccccc2C1. The Hall–Kier alpha value is -3.35. The monoisotopic (exact) mass is 383 g/mol. The molecule has 0 atom stereocenters. The molecule has 28 heavy (non-hydrogen) atoms. The van der Waals surface area contributed by atoms with Gasteiger partial charge in [-0.3, -0.25) is 9.78 Å². The van der Waals surface area contributed by atoms with Gasteiger partial charge in [0, 0.05) is 19.3 Å². The minimum absolute atomic E-state index is 0.198. The van der Waals surface area contributed by atoms with Crippen molar-refractivity contribution in [3.05, 3.63) is 89.0 Å². The summed E-state index contributed by atoms with van der Waals surface area (Å²) in [7, 11) is 0. The maximum Gasteiger partial charge on any atom is 0.255 e. The van der Waals surface area contributed by atoms with Gasteiger partial charge in [-0.15, -0.1) is 0 Å². The molecule has 0 saturated carbocycles. The van der Waals surface area contributed by atoms with Gasteiger partial charge in [-0.05, 0) is 35.7 Å². The highest BCUT2D eigenvalue weighted by molar-refractivity contribution is 5.95. The standard InChI is InChI=1S/C21H16F3N3O/c22-17-5-6-18(20(24)19(17)23)26-16-9-15(10-25-11-16)21(28)27-8-7-13-3-1-2-4-14(13)12-27/h1-6,9-11,26H,7-8,12H2. The molecule has 142 valence electrons. The maximum absolute atomic E-state index is 13.9. The van der Waals surface area contributed by atoms with Gasteiger partial charge in [0.05, 0.1) is 23.1 Å².